The number of carbonyl (C=O) groups is 1. The molecule has 130 valence electrons. The van der Waals surface area contributed by atoms with Gasteiger partial charge in [0.15, 0.2) is 0 Å². The maximum absolute atomic E-state index is 12.6. The van der Waals surface area contributed by atoms with E-state index in [1.165, 1.54) is 10.9 Å². The van der Waals surface area contributed by atoms with Crippen LogP contribution in [-0.4, -0.2) is 27.6 Å². The van der Waals surface area contributed by atoms with Gasteiger partial charge in [-0.15, -0.1) is 0 Å². The molecule has 0 bridgehead atoms. The molecule has 0 saturated heterocycles. The lowest BCUT2D eigenvalue weighted by Crippen LogP contribution is -2.25. The SMILES string of the molecule is O=C(NCCc1c[nH]c2ccccc12)c1cn[nH]c1-c1ccc(Cl)cc1. The van der Waals surface area contributed by atoms with Crippen LogP contribution < -0.4 is 5.32 Å². The first-order valence-corrected chi connectivity index (χ1v) is 8.72. The number of aromatic nitrogens is 3. The second kappa shape index (κ2) is 7.06. The number of fused-ring (bicyclic) bond motifs is 1. The van der Waals surface area contributed by atoms with Gasteiger partial charge in [0, 0.05) is 34.2 Å². The molecule has 3 N–H and O–H groups in total. The predicted octanol–water partition coefficient (Wildman–Crippen LogP) is 4.18. The largest absolute Gasteiger partial charge is 0.361 e. The molecule has 0 atom stereocenters. The number of carbonyl (C=O) groups excluding carboxylic acids is 1. The van der Waals surface area contributed by atoms with Gasteiger partial charge in [-0.3, -0.25) is 9.89 Å². The van der Waals surface area contributed by atoms with E-state index in [-0.39, 0.29) is 5.91 Å². The molecule has 26 heavy (non-hydrogen) atoms. The van der Waals surface area contributed by atoms with Crippen LogP contribution in [0.5, 0.6) is 0 Å². The summed E-state index contributed by atoms with van der Waals surface area (Å²) in [6.07, 6.45) is 4.29. The number of nitrogens with one attached hydrogen (secondary N) is 3. The van der Waals surface area contributed by atoms with Crippen LogP contribution in [-0.2, 0) is 6.42 Å². The molecule has 0 fully saturated rings. The fourth-order valence-electron chi connectivity index (χ4n) is 3.04. The third-order valence-corrected chi connectivity index (χ3v) is 4.62. The Bertz CT molecular complexity index is 1050. The molecular weight excluding hydrogens is 348 g/mol. The second-order valence-electron chi connectivity index (χ2n) is 6.03. The number of nitrogens with zero attached hydrogens (tertiary/aromatic N) is 1. The Labute approximate surface area is 155 Å². The molecule has 0 aliphatic carbocycles. The highest BCUT2D eigenvalue weighted by atomic mass is 35.5. The Morgan fingerprint density at radius 1 is 1.12 bits per heavy atom. The summed E-state index contributed by atoms with van der Waals surface area (Å²) < 4.78 is 0. The van der Waals surface area contributed by atoms with E-state index in [2.05, 4.69) is 26.6 Å². The van der Waals surface area contributed by atoms with Gasteiger partial charge in [0.2, 0.25) is 0 Å². The third kappa shape index (κ3) is 3.21. The third-order valence-electron chi connectivity index (χ3n) is 4.37. The Kier molecular flexibility index (Phi) is 4.46. The molecule has 0 saturated carbocycles. The summed E-state index contributed by atoms with van der Waals surface area (Å²) in [5.74, 6) is -0.149. The van der Waals surface area contributed by atoms with Gasteiger partial charge in [0.1, 0.15) is 0 Å². The fourth-order valence-corrected chi connectivity index (χ4v) is 3.17. The number of halogens is 1. The number of para-hydroxylation sites is 1. The normalized spacial score (nSPS) is 11.0. The van der Waals surface area contributed by atoms with Crippen LogP contribution >= 0.6 is 11.6 Å². The van der Waals surface area contributed by atoms with Crippen molar-refractivity contribution in [2.24, 2.45) is 0 Å². The van der Waals surface area contributed by atoms with E-state index in [4.69, 9.17) is 11.6 Å². The summed E-state index contributed by atoms with van der Waals surface area (Å²) in [5.41, 5.74) is 4.37. The fraction of sp³-hybridized carbons (Fsp3) is 0.100. The highest BCUT2D eigenvalue weighted by Crippen LogP contribution is 2.23. The topological polar surface area (TPSA) is 73.6 Å². The highest BCUT2D eigenvalue weighted by Gasteiger charge is 2.15. The van der Waals surface area contributed by atoms with Gasteiger partial charge in [-0.05, 0) is 30.2 Å². The van der Waals surface area contributed by atoms with Gasteiger partial charge < -0.3 is 10.3 Å². The zero-order chi connectivity index (χ0) is 17.9. The van der Waals surface area contributed by atoms with Crippen molar-refractivity contribution in [3.63, 3.8) is 0 Å². The maximum Gasteiger partial charge on any atom is 0.255 e. The van der Waals surface area contributed by atoms with Gasteiger partial charge in [0.25, 0.3) is 5.91 Å². The highest BCUT2D eigenvalue weighted by molar-refractivity contribution is 6.30. The number of H-pyrrole nitrogens is 2. The Morgan fingerprint density at radius 3 is 2.77 bits per heavy atom. The average molecular weight is 365 g/mol. The minimum Gasteiger partial charge on any atom is -0.361 e. The van der Waals surface area contributed by atoms with Crippen molar-refractivity contribution >= 4 is 28.4 Å². The lowest BCUT2D eigenvalue weighted by Gasteiger charge is -2.06. The standard InChI is InChI=1S/C20H17ClN4O/c21-15-7-5-13(6-8-15)19-17(12-24-25-19)20(26)22-10-9-14-11-23-18-4-2-1-3-16(14)18/h1-8,11-12,23H,9-10H2,(H,22,26)(H,24,25). The van der Waals surface area contributed by atoms with Gasteiger partial charge in [-0.2, -0.15) is 5.10 Å². The lowest BCUT2D eigenvalue weighted by molar-refractivity contribution is 0.0955. The van der Waals surface area contributed by atoms with Crippen molar-refractivity contribution in [1.29, 1.82) is 0 Å². The molecule has 2 heterocycles. The molecule has 0 aliphatic heterocycles. The minimum absolute atomic E-state index is 0.149. The molecule has 2 aromatic heterocycles. The molecule has 0 spiro atoms. The van der Waals surface area contributed by atoms with E-state index in [0.717, 1.165) is 17.5 Å². The summed E-state index contributed by atoms with van der Waals surface area (Å²) in [6.45, 7) is 0.548. The summed E-state index contributed by atoms with van der Waals surface area (Å²) in [4.78, 5) is 15.8. The average Bonchev–Trinajstić information content (AvgIpc) is 3.30. The van der Waals surface area contributed by atoms with Gasteiger partial charge in [-0.25, -0.2) is 0 Å². The Hall–Kier alpha value is -3.05. The van der Waals surface area contributed by atoms with Gasteiger partial charge >= 0.3 is 0 Å². The van der Waals surface area contributed by atoms with E-state index in [1.54, 1.807) is 18.3 Å². The Morgan fingerprint density at radius 2 is 1.92 bits per heavy atom. The quantitative estimate of drug-likeness (QED) is 0.497. The number of hydrogen-bond donors (Lipinski definition) is 3. The van der Waals surface area contributed by atoms with Crippen molar-refractivity contribution in [2.75, 3.05) is 6.54 Å². The van der Waals surface area contributed by atoms with E-state index < -0.39 is 0 Å². The van der Waals surface area contributed by atoms with Crippen LogP contribution in [0, 0.1) is 0 Å². The molecule has 6 heteroatoms. The van der Waals surface area contributed by atoms with Crippen LogP contribution in [0.3, 0.4) is 0 Å². The summed E-state index contributed by atoms with van der Waals surface area (Å²) >= 11 is 5.93. The molecule has 5 nitrogen and oxygen atoms in total. The number of aromatic amines is 2. The predicted molar refractivity (Wildman–Crippen MR) is 103 cm³/mol. The summed E-state index contributed by atoms with van der Waals surface area (Å²) in [6, 6.07) is 15.4. The summed E-state index contributed by atoms with van der Waals surface area (Å²) in [7, 11) is 0. The second-order valence-corrected chi connectivity index (χ2v) is 6.47. The van der Waals surface area contributed by atoms with E-state index in [9.17, 15) is 4.79 Å². The van der Waals surface area contributed by atoms with Crippen molar-refractivity contribution in [3.8, 4) is 11.3 Å². The molecule has 4 aromatic rings. The number of rotatable bonds is 5. The Balaban J connectivity index is 1.44. The lowest BCUT2D eigenvalue weighted by atomic mass is 10.1. The zero-order valence-electron chi connectivity index (χ0n) is 13.9. The van der Waals surface area contributed by atoms with Crippen molar-refractivity contribution in [2.45, 2.75) is 6.42 Å². The zero-order valence-corrected chi connectivity index (χ0v) is 14.7. The first-order chi connectivity index (χ1) is 12.7. The van der Waals surface area contributed by atoms with Gasteiger partial charge in [0.05, 0.1) is 17.5 Å². The van der Waals surface area contributed by atoms with E-state index in [1.807, 2.05) is 36.5 Å². The molecule has 4 rings (SSSR count). The van der Waals surface area contributed by atoms with Crippen LogP contribution in [0.1, 0.15) is 15.9 Å². The minimum atomic E-state index is -0.149. The number of benzene rings is 2. The van der Waals surface area contributed by atoms with Crippen LogP contribution in [0.4, 0.5) is 0 Å². The van der Waals surface area contributed by atoms with Crippen molar-refractivity contribution < 1.29 is 4.79 Å². The first-order valence-electron chi connectivity index (χ1n) is 8.35. The van der Waals surface area contributed by atoms with Crippen LogP contribution in [0.15, 0.2) is 60.9 Å². The smallest absolute Gasteiger partial charge is 0.255 e. The van der Waals surface area contributed by atoms with Crippen LogP contribution in [0.25, 0.3) is 22.2 Å². The molecule has 2 aromatic carbocycles. The monoisotopic (exact) mass is 364 g/mol. The van der Waals surface area contributed by atoms with Crippen molar-refractivity contribution in [1.82, 2.24) is 20.5 Å². The number of hydrogen-bond acceptors (Lipinski definition) is 2. The number of amides is 1. The maximum atomic E-state index is 12.6. The van der Waals surface area contributed by atoms with Crippen molar-refractivity contribution in [3.05, 3.63) is 77.1 Å². The van der Waals surface area contributed by atoms with E-state index in [0.29, 0.717) is 22.8 Å². The molecule has 0 aliphatic rings. The summed E-state index contributed by atoms with van der Waals surface area (Å²) in [5, 5.41) is 11.7. The van der Waals surface area contributed by atoms with E-state index >= 15 is 0 Å². The van der Waals surface area contributed by atoms with Gasteiger partial charge in [-0.1, -0.05) is 41.9 Å². The molecule has 1 amide bonds. The molecular formula is C20H17ClN4O. The molecule has 0 radical (unpaired) electrons. The first kappa shape index (κ1) is 16.4. The molecule has 0 unspecified atom stereocenters. The van der Waals surface area contributed by atoms with Crippen LogP contribution in [0.2, 0.25) is 5.02 Å².